The molecule has 0 aliphatic rings. The zero-order valence-corrected chi connectivity index (χ0v) is 7.95. The van der Waals surface area contributed by atoms with E-state index in [9.17, 15) is 4.79 Å². The summed E-state index contributed by atoms with van der Waals surface area (Å²) in [4.78, 5) is 18.6. The second kappa shape index (κ2) is 9.14. The molecular formula is C6H13NO5S. The van der Waals surface area contributed by atoms with Gasteiger partial charge in [0.2, 0.25) is 0 Å². The molecule has 0 aromatic heterocycles. The van der Waals surface area contributed by atoms with E-state index in [1.807, 2.05) is 6.26 Å². The average molecular weight is 211 g/mol. The van der Waals surface area contributed by atoms with Crippen molar-refractivity contribution in [3.8, 4) is 0 Å². The second-order valence-electron chi connectivity index (χ2n) is 2.01. The smallest absolute Gasteiger partial charge is 0.480 e. The number of aliphatic carboxylic acids is 1. The van der Waals surface area contributed by atoms with Gasteiger partial charge in [-0.05, 0) is 18.4 Å². The molecule has 13 heavy (non-hydrogen) atoms. The van der Waals surface area contributed by atoms with E-state index in [1.165, 1.54) is 0 Å². The van der Waals surface area contributed by atoms with Crippen LogP contribution in [0.3, 0.4) is 0 Å². The standard InChI is InChI=1S/C5H11NO2S.CH2O3/c1-9-3-2-4(6)5(7)8;2-1(3)4/h4H,2-3,6H2,1H3,(H,7,8);(H2,2,3,4)/t4-;/m0./s1. The van der Waals surface area contributed by atoms with E-state index < -0.39 is 18.2 Å². The molecule has 0 aromatic carbocycles. The molecule has 6 nitrogen and oxygen atoms in total. The van der Waals surface area contributed by atoms with Crippen LogP contribution in [0.5, 0.6) is 0 Å². The molecule has 5 N–H and O–H groups in total. The first-order valence-electron chi connectivity index (χ1n) is 3.31. The van der Waals surface area contributed by atoms with E-state index >= 15 is 0 Å². The fraction of sp³-hybridized carbons (Fsp3) is 0.667. The fourth-order valence-corrected chi connectivity index (χ4v) is 0.858. The van der Waals surface area contributed by atoms with Gasteiger partial charge in [-0.1, -0.05) is 0 Å². The Hall–Kier alpha value is -0.950. The minimum absolute atomic E-state index is 0.552. The van der Waals surface area contributed by atoms with E-state index in [2.05, 4.69) is 0 Å². The largest absolute Gasteiger partial charge is 0.503 e. The van der Waals surface area contributed by atoms with Crippen LogP contribution < -0.4 is 5.73 Å². The van der Waals surface area contributed by atoms with Crippen LogP contribution in [0.1, 0.15) is 6.42 Å². The van der Waals surface area contributed by atoms with Gasteiger partial charge in [-0.3, -0.25) is 4.79 Å². The number of nitrogens with two attached hydrogens (primary N) is 1. The van der Waals surface area contributed by atoms with Crippen LogP contribution in [0.4, 0.5) is 4.79 Å². The Bertz CT molecular complexity index is 159. The fourth-order valence-electron chi connectivity index (χ4n) is 0.368. The number of carbonyl (C=O) groups is 2. The summed E-state index contributed by atoms with van der Waals surface area (Å²) in [7, 11) is 0. The van der Waals surface area contributed by atoms with Crippen molar-refractivity contribution < 1.29 is 24.9 Å². The molecule has 0 aliphatic carbocycles. The van der Waals surface area contributed by atoms with Crippen molar-refractivity contribution in [1.29, 1.82) is 0 Å². The molecule has 0 aromatic rings. The van der Waals surface area contributed by atoms with Gasteiger partial charge in [0.05, 0.1) is 0 Å². The maximum Gasteiger partial charge on any atom is 0.503 e. The van der Waals surface area contributed by atoms with Crippen molar-refractivity contribution in [1.82, 2.24) is 0 Å². The summed E-state index contributed by atoms with van der Waals surface area (Å²) in [6, 6.07) is -0.683. The van der Waals surface area contributed by atoms with E-state index in [4.69, 9.17) is 25.8 Å². The summed E-state index contributed by atoms with van der Waals surface area (Å²) >= 11 is 1.60. The van der Waals surface area contributed by atoms with Crippen molar-refractivity contribution in [3.63, 3.8) is 0 Å². The van der Waals surface area contributed by atoms with Gasteiger partial charge in [0.25, 0.3) is 0 Å². The van der Waals surface area contributed by atoms with Gasteiger partial charge in [-0.15, -0.1) is 0 Å². The predicted molar refractivity (Wildman–Crippen MR) is 49.3 cm³/mol. The van der Waals surface area contributed by atoms with E-state index in [0.717, 1.165) is 5.75 Å². The van der Waals surface area contributed by atoms with E-state index in [1.54, 1.807) is 11.8 Å². The summed E-state index contributed by atoms with van der Waals surface area (Å²) < 4.78 is 0. The number of carboxylic acid groups (broad SMARTS) is 3. The van der Waals surface area contributed by atoms with Crippen LogP contribution in [0.2, 0.25) is 0 Å². The molecule has 0 aliphatic heterocycles. The molecule has 0 radical (unpaired) electrons. The lowest BCUT2D eigenvalue weighted by molar-refractivity contribution is -0.138. The molecule has 0 rings (SSSR count). The van der Waals surface area contributed by atoms with Gasteiger partial charge in [0.15, 0.2) is 0 Å². The summed E-state index contributed by atoms with van der Waals surface area (Å²) in [5, 5.41) is 22.2. The lowest BCUT2D eigenvalue weighted by Gasteiger charge is -2.02. The molecular weight excluding hydrogens is 198 g/mol. The topological polar surface area (TPSA) is 121 Å². The van der Waals surface area contributed by atoms with Crippen molar-refractivity contribution in [2.45, 2.75) is 12.5 Å². The Morgan fingerprint density at radius 2 is 1.77 bits per heavy atom. The molecule has 0 heterocycles. The van der Waals surface area contributed by atoms with Crippen LogP contribution in [0.15, 0.2) is 0 Å². The van der Waals surface area contributed by atoms with Crippen molar-refractivity contribution in [2.24, 2.45) is 5.73 Å². The third kappa shape index (κ3) is 18.2. The van der Waals surface area contributed by atoms with Crippen molar-refractivity contribution >= 4 is 23.9 Å². The highest BCUT2D eigenvalue weighted by molar-refractivity contribution is 7.98. The summed E-state index contributed by atoms with van der Waals surface area (Å²) in [6.07, 6.45) is 0.644. The zero-order chi connectivity index (χ0) is 10.9. The monoisotopic (exact) mass is 211 g/mol. The molecule has 0 spiro atoms. The van der Waals surface area contributed by atoms with E-state index in [0.29, 0.717) is 6.42 Å². The lowest BCUT2D eigenvalue weighted by Crippen LogP contribution is -2.30. The molecule has 0 saturated heterocycles. The summed E-state index contributed by atoms with van der Waals surface area (Å²) in [5.41, 5.74) is 5.19. The van der Waals surface area contributed by atoms with Crippen molar-refractivity contribution in [3.05, 3.63) is 0 Å². The molecule has 0 unspecified atom stereocenters. The Labute approximate surface area is 79.7 Å². The zero-order valence-electron chi connectivity index (χ0n) is 7.14. The number of thioether (sulfide) groups is 1. The molecule has 78 valence electrons. The van der Waals surface area contributed by atoms with Gasteiger partial charge >= 0.3 is 12.1 Å². The van der Waals surface area contributed by atoms with Gasteiger partial charge in [-0.25, -0.2) is 4.79 Å². The average Bonchev–Trinajstić information content (AvgIpc) is 1.98. The molecule has 7 heteroatoms. The molecule has 0 saturated carbocycles. The molecule has 1 atom stereocenters. The van der Waals surface area contributed by atoms with Crippen LogP contribution in [0, 0.1) is 0 Å². The minimum Gasteiger partial charge on any atom is -0.480 e. The van der Waals surface area contributed by atoms with Crippen LogP contribution in [-0.4, -0.2) is 45.5 Å². The maximum atomic E-state index is 10.1. The quantitative estimate of drug-likeness (QED) is 0.530. The number of hydrogen-bond donors (Lipinski definition) is 4. The first-order valence-corrected chi connectivity index (χ1v) is 4.70. The maximum absolute atomic E-state index is 10.1. The Morgan fingerprint density at radius 3 is 2.00 bits per heavy atom. The molecule has 0 fully saturated rings. The number of hydrogen-bond acceptors (Lipinski definition) is 4. The molecule has 0 bridgehead atoms. The summed E-state index contributed by atoms with van der Waals surface area (Å²) in [5.74, 6) is -0.1000. The number of rotatable bonds is 4. The number of carboxylic acids is 1. The van der Waals surface area contributed by atoms with Gasteiger partial charge < -0.3 is 21.1 Å². The van der Waals surface area contributed by atoms with Crippen LogP contribution in [-0.2, 0) is 4.79 Å². The summed E-state index contributed by atoms with van der Waals surface area (Å²) in [6.45, 7) is 0. The Balaban J connectivity index is 0. The lowest BCUT2D eigenvalue weighted by atomic mass is 10.2. The Morgan fingerprint density at radius 1 is 1.38 bits per heavy atom. The molecule has 0 amide bonds. The first-order chi connectivity index (χ1) is 5.91. The van der Waals surface area contributed by atoms with E-state index in [-0.39, 0.29) is 0 Å². The first kappa shape index (κ1) is 14.6. The van der Waals surface area contributed by atoms with Crippen LogP contribution in [0.25, 0.3) is 0 Å². The highest BCUT2D eigenvalue weighted by Gasteiger charge is 2.08. The normalized spacial score (nSPS) is 10.9. The SMILES string of the molecule is CSCC[C@H](N)C(=O)O.O=C(O)O. The van der Waals surface area contributed by atoms with Gasteiger partial charge in [0, 0.05) is 0 Å². The Kier molecular flexibility index (Phi) is 10.2. The highest BCUT2D eigenvalue weighted by atomic mass is 32.2. The predicted octanol–water partition coefficient (Wildman–Crippen LogP) is 0.374. The van der Waals surface area contributed by atoms with Gasteiger partial charge in [0.1, 0.15) is 6.04 Å². The minimum atomic E-state index is -1.83. The second-order valence-corrected chi connectivity index (χ2v) is 2.99. The van der Waals surface area contributed by atoms with Gasteiger partial charge in [-0.2, -0.15) is 11.8 Å². The highest BCUT2D eigenvalue weighted by Crippen LogP contribution is 1.97. The van der Waals surface area contributed by atoms with Crippen LogP contribution >= 0.6 is 11.8 Å². The third-order valence-electron chi connectivity index (χ3n) is 0.950. The van der Waals surface area contributed by atoms with Crippen molar-refractivity contribution in [2.75, 3.05) is 12.0 Å². The third-order valence-corrected chi connectivity index (χ3v) is 1.59.